The Morgan fingerprint density at radius 3 is 2.57 bits per heavy atom. The number of nitrogens with zero attached hydrogens (tertiary/aromatic N) is 1. The van der Waals surface area contributed by atoms with Crippen molar-refractivity contribution in [1.82, 2.24) is 4.90 Å². The van der Waals surface area contributed by atoms with Crippen molar-refractivity contribution < 1.29 is 9.84 Å². The molecule has 1 saturated heterocycles. The lowest BCUT2D eigenvalue weighted by molar-refractivity contribution is 0.0968. The van der Waals surface area contributed by atoms with Gasteiger partial charge in [-0.05, 0) is 49.5 Å². The molecular weight excluding hydrogens is 262 g/mol. The second kappa shape index (κ2) is 8.84. The molecule has 1 aromatic carbocycles. The Morgan fingerprint density at radius 2 is 1.95 bits per heavy atom. The van der Waals surface area contributed by atoms with Crippen LogP contribution in [-0.2, 0) is 11.3 Å². The minimum absolute atomic E-state index is 0.129. The van der Waals surface area contributed by atoms with Gasteiger partial charge in [-0.3, -0.25) is 4.90 Å². The molecule has 0 aliphatic carbocycles. The van der Waals surface area contributed by atoms with Crippen molar-refractivity contribution in [1.29, 1.82) is 0 Å². The molecule has 0 radical (unpaired) electrons. The van der Waals surface area contributed by atoms with E-state index in [9.17, 15) is 0 Å². The van der Waals surface area contributed by atoms with E-state index < -0.39 is 0 Å². The van der Waals surface area contributed by atoms with Gasteiger partial charge >= 0.3 is 0 Å². The van der Waals surface area contributed by atoms with E-state index in [4.69, 9.17) is 9.84 Å². The van der Waals surface area contributed by atoms with Crippen molar-refractivity contribution in [3.63, 3.8) is 0 Å². The van der Waals surface area contributed by atoms with Crippen molar-refractivity contribution in [3.8, 4) is 11.8 Å². The van der Waals surface area contributed by atoms with Gasteiger partial charge in [-0.2, -0.15) is 0 Å². The van der Waals surface area contributed by atoms with Gasteiger partial charge in [0.2, 0.25) is 0 Å². The Hall–Kier alpha value is -1.34. The van der Waals surface area contributed by atoms with E-state index in [0.717, 1.165) is 37.7 Å². The fourth-order valence-electron chi connectivity index (χ4n) is 2.72. The summed E-state index contributed by atoms with van der Waals surface area (Å²) in [4.78, 5) is 2.51. The van der Waals surface area contributed by atoms with Crippen LogP contribution in [0, 0.1) is 17.8 Å². The molecule has 2 rings (SSSR count). The molecule has 0 amide bonds. The molecule has 0 spiro atoms. The molecule has 0 aromatic heterocycles. The zero-order valence-electron chi connectivity index (χ0n) is 12.8. The lowest BCUT2D eigenvalue weighted by Gasteiger charge is -2.31. The molecule has 1 heterocycles. The minimum atomic E-state index is 0.129. The lowest BCUT2D eigenvalue weighted by Crippen LogP contribution is -2.34. The van der Waals surface area contributed by atoms with Gasteiger partial charge in [0.25, 0.3) is 0 Å². The Labute approximate surface area is 127 Å². The molecule has 1 aromatic rings. The van der Waals surface area contributed by atoms with Gasteiger partial charge in [0, 0.05) is 32.2 Å². The van der Waals surface area contributed by atoms with Crippen molar-refractivity contribution in [2.45, 2.75) is 25.8 Å². The van der Waals surface area contributed by atoms with Crippen LogP contribution in [0.25, 0.3) is 0 Å². The Morgan fingerprint density at radius 1 is 1.24 bits per heavy atom. The highest BCUT2D eigenvalue weighted by molar-refractivity contribution is 5.36. The largest absolute Gasteiger partial charge is 0.395 e. The average molecular weight is 287 g/mol. The van der Waals surface area contributed by atoms with Gasteiger partial charge < -0.3 is 9.84 Å². The highest BCUT2D eigenvalue weighted by Crippen LogP contribution is 2.19. The molecule has 1 fully saturated rings. The third-order valence-electron chi connectivity index (χ3n) is 3.94. The molecule has 3 heteroatoms. The van der Waals surface area contributed by atoms with Crippen LogP contribution in [0.2, 0.25) is 0 Å². The Bertz CT molecular complexity index is 464. The molecule has 21 heavy (non-hydrogen) atoms. The highest BCUT2D eigenvalue weighted by Gasteiger charge is 2.18. The maximum absolute atomic E-state index is 8.71. The number of likely N-dealkylation sites (tertiary alicyclic amines) is 1. The van der Waals surface area contributed by atoms with Crippen LogP contribution in [0.3, 0.4) is 0 Å². The molecule has 3 nitrogen and oxygen atoms in total. The third-order valence-corrected chi connectivity index (χ3v) is 3.94. The quantitative estimate of drug-likeness (QED) is 0.843. The fraction of sp³-hybridized carbons (Fsp3) is 0.556. The summed E-state index contributed by atoms with van der Waals surface area (Å²) in [5.41, 5.74) is 2.36. The highest BCUT2D eigenvalue weighted by atomic mass is 16.5. The van der Waals surface area contributed by atoms with Gasteiger partial charge in [-0.1, -0.05) is 24.0 Å². The van der Waals surface area contributed by atoms with E-state index in [1.807, 2.05) is 0 Å². The van der Waals surface area contributed by atoms with Crippen LogP contribution >= 0.6 is 0 Å². The predicted octanol–water partition coefficient (Wildman–Crippen LogP) is 2.28. The number of hydrogen-bond donors (Lipinski definition) is 1. The van der Waals surface area contributed by atoms with Gasteiger partial charge in [-0.25, -0.2) is 0 Å². The lowest BCUT2D eigenvalue weighted by atomic mass is 9.97. The monoisotopic (exact) mass is 287 g/mol. The first-order valence-electron chi connectivity index (χ1n) is 7.72. The zero-order chi connectivity index (χ0) is 14.9. The standard InChI is InChI=1S/C18H25NO2/c1-21-15-18-9-11-19(12-10-18)14-17-7-5-16(6-8-17)4-2-3-13-20/h5-8,18,20H,3,9-15H2,1H3. The number of ether oxygens (including phenoxy) is 1. The Balaban J connectivity index is 1.80. The first kappa shape index (κ1) is 16.0. The topological polar surface area (TPSA) is 32.7 Å². The number of aliphatic hydroxyl groups is 1. The second-order valence-corrected chi connectivity index (χ2v) is 5.65. The van der Waals surface area contributed by atoms with E-state index in [0.29, 0.717) is 6.42 Å². The second-order valence-electron chi connectivity index (χ2n) is 5.65. The predicted molar refractivity (Wildman–Crippen MR) is 84.9 cm³/mol. The summed E-state index contributed by atoms with van der Waals surface area (Å²) in [6, 6.07) is 8.45. The number of aliphatic hydroxyl groups excluding tert-OH is 1. The van der Waals surface area contributed by atoms with Crippen LogP contribution in [0.1, 0.15) is 30.4 Å². The number of benzene rings is 1. The smallest absolute Gasteiger partial charge is 0.0540 e. The maximum atomic E-state index is 8.71. The number of hydrogen-bond acceptors (Lipinski definition) is 3. The number of piperidine rings is 1. The molecule has 0 bridgehead atoms. The zero-order valence-corrected chi connectivity index (χ0v) is 12.8. The average Bonchev–Trinajstić information content (AvgIpc) is 2.51. The first-order chi connectivity index (χ1) is 10.3. The first-order valence-corrected chi connectivity index (χ1v) is 7.72. The molecule has 1 aliphatic rings. The summed E-state index contributed by atoms with van der Waals surface area (Å²) in [6.45, 7) is 4.36. The summed E-state index contributed by atoms with van der Waals surface area (Å²) in [7, 11) is 1.79. The molecule has 114 valence electrons. The summed E-state index contributed by atoms with van der Waals surface area (Å²) in [6.07, 6.45) is 3.01. The van der Waals surface area contributed by atoms with E-state index in [1.165, 1.54) is 18.4 Å². The Kier molecular flexibility index (Phi) is 6.75. The summed E-state index contributed by atoms with van der Waals surface area (Å²) >= 11 is 0. The number of methoxy groups -OCH3 is 1. The minimum Gasteiger partial charge on any atom is -0.395 e. The molecule has 1 N–H and O–H groups in total. The van der Waals surface area contributed by atoms with Crippen molar-refractivity contribution in [3.05, 3.63) is 35.4 Å². The van der Waals surface area contributed by atoms with Crippen LogP contribution in [-0.4, -0.2) is 43.4 Å². The molecule has 0 atom stereocenters. The maximum Gasteiger partial charge on any atom is 0.0540 e. The van der Waals surface area contributed by atoms with Crippen molar-refractivity contribution >= 4 is 0 Å². The van der Waals surface area contributed by atoms with Crippen molar-refractivity contribution in [2.24, 2.45) is 5.92 Å². The van der Waals surface area contributed by atoms with Crippen LogP contribution in [0.4, 0.5) is 0 Å². The molecular formula is C18H25NO2. The summed E-state index contributed by atoms with van der Waals surface area (Å²) in [5.74, 6) is 6.74. The molecule has 0 unspecified atom stereocenters. The summed E-state index contributed by atoms with van der Waals surface area (Å²) in [5, 5.41) is 8.71. The van der Waals surface area contributed by atoms with E-state index in [-0.39, 0.29) is 6.61 Å². The molecule has 0 saturated carbocycles. The third kappa shape index (κ3) is 5.51. The SMILES string of the molecule is COCC1CCN(Cc2ccc(C#CCCO)cc2)CC1. The van der Waals surface area contributed by atoms with Gasteiger partial charge in [0.1, 0.15) is 0 Å². The fourth-order valence-corrected chi connectivity index (χ4v) is 2.72. The van der Waals surface area contributed by atoms with Crippen molar-refractivity contribution in [2.75, 3.05) is 33.4 Å². The van der Waals surface area contributed by atoms with Crippen LogP contribution in [0.15, 0.2) is 24.3 Å². The van der Waals surface area contributed by atoms with E-state index >= 15 is 0 Å². The van der Waals surface area contributed by atoms with Gasteiger partial charge in [0.05, 0.1) is 6.61 Å². The van der Waals surface area contributed by atoms with E-state index in [1.54, 1.807) is 7.11 Å². The summed E-state index contributed by atoms with van der Waals surface area (Å²) < 4.78 is 5.24. The number of rotatable bonds is 5. The van der Waals surface area contributed by atoms with Crippen LogP contribution in [0.5, 0.6) is 0 Å². The van der Waals surface area contributed by atoms with Gasteiger partial charge in [-0.15, -0.1) is 0 Å². The van der Waals surface area contributed by atoms with Gasteiger partial charge in [0.15, 0.2) is 0 Å². The van der Waals surface area contributed by atoms with E-state index in [2.05, 4.69) is 41.0 Å². The normalized spacial score (nSPS) is 16.5. The molecule has 1 aliphatic heterocycles. The van der Waals surface area contributed by atoms with Crippen LogP contribution < -0.4 is 0 Å².